The Morgan fingerprint density at radius 1 is 1.31 bits per heavy atom. The summed E-state index contributed by atoms with van der Waals surface area (Å²) < 4.78 is 11.8. The van der Waals surface area contributed by atoms with Gasteiger partial charge in [0.05, 0.1) is 5.60 Å². The highest BCUT2D eigenvalue weighted by molar-refractivity contribution is 6.60. The molecule has 2 heterocycles. The Hall–Kier alpha value is -0.735. The number of nitrogens with one attached hydrogen (secondary N) is 1. The lowest BCUT2D eigenvalue weighted by atomic mass is 9.71. The average Bonchev–Trinajstić information content (AvgIpc) is 2.57. The minimum absolute atomic E-state index is 0.0329. The molecule has 1 aromatic heterocycles. The van der Waals surface area contributed by atoms with Gasteiger partial charge in [0.2, 0.25) is 0 Å². The Balaban J connectivity index is 2.17. The first-order chi connectivity index (χ1) is 7.32. The maximum atomic E-state index is 6.03. The van der Waals surface area contributed by atoms with Crippen LogP contribution in [0.4, 0.5) is 0 Å². The summed E-state index contributed by atoms with van der Waals surface area (Å²) in [4.78, 5) is 3.19. The first-order valence-electron chi connectivity index (χ1n) is 5.76. The number of hydrogen-bond donors (Lipinski definition) is 1. The summed E-state index contributed by atoms with van der Waals surface area (Å²) in [7, 11) is -0.267. The van der Waals surface area contributed by atoms with Crippen LogP contribution in [-0.2, 0) is 9.31 Å². The number of hydrogen-bond acceptors (Lipinski definition) is 2. The minimum atomic E-state index is -0.267. The first kappa shape index (κ1) is 11.7. The van der Waals surface area contributed by atoms with Crippen molar-refractivity contribution in [3.05, 3.63) is 17.8 Å². The molecule has 16 heavy (non-hydrogen) atoms. The van der Waals surface area contributed by atoms with E-state index in [1.165, 1.54) is 5.56 Å². The van der Waals surface area contributed by atoms with E-state index in [1.807, 2.05) is 6.20 Å². The van der Waals surface area contributed by atoms with Crippen molar-refractivity contribution in [3.8, 4) is 0 Å². The molecule has 1 aliphatic heterocycles. The molecule has 3 nitrogen and oxygen atoms in total. The molecule has 2 rings (SSSR count). The highest BCUT2D eigenvalue weighted by Gasteiger charge is 2.47. The molecule has 1 N–H and O–H groups in total. The largest absolute Gasteiger partial charge is 0.511 e. The van der Waals surface area contributed by atoms with Crippen molar-refractivity contribution in [2.45, 2.75) is 40.2 Å². The van der Waals surface area contributed by atoms with Gasteiger partial charge in [0, 0.05) is 23.8 Å². The minimum Gasteiger partial charge on any atom is -0.406 e. The van der Waals surface area contributed by atoms with Crippen LogP contribution in [-0.4, -0.2) is 24.3 Å². The van der Waals surface area contributed by atoms with E-state index in [0.717, 1.165) is 5.59 Å². The van der Waals surface area contributed by atoms with Gasteiger partial charge in [0.25, 0.3) is 0 Å². The van der Waals surface area contributed by atoms with Gasteiger partial charge in [-0.3, -0.25) is 0 Å². The fourth-order valence-corrected chi connectivity index (χ4v) is 1.73. The summed E-state index contributed by atoms with van der Waals surface area (Å²) in [6.07, 6.45) is 1.97. The molecule has 0 unspecified atom stereocenters. The number of aromatic nitrogens is 1. The van der Waals surface area contributed by atoms with Gasteiger partial charge in [-0.25, -0.2) is 0 Å². The maximum Gasteiger partial charge on any atom is 0.511 e. The molecular formula is C12H20BNO2. The van der Waals surface area contributed by atoms with Crippen LogP contribution >= 0.6 is 0 Å². The average molecular weight is 221 g/mol. The maximum absolute atomic E-state index is 6.03. The van der Waals surface area contributed by atoms with Gasteiger partial charge < -0.3 is 14.3 Å². The van der Waals surface area contributed by atoms with Gasteiger partial charge in [-0.2, -0.15) is 0 Å². The number of rotatable bonds is 1. The fourth-order valence-electron chi connectivity index (χ4n) is 1.73. The molecule has 0 spiro atoms. The van der Waals surface area contributed by atoms with E-state index in [1.54, 1.807) is 0 Å². The summed E-state index contributed by atoms with van der Waals surface area (Å²) in [5.74, 6) is 0. The van der Waals surface area contributed by atoms with Crippen LogP contribution in [0.25, 0.3) is 0 Å². The summed E-state index contributed by atoms with van der Waals surface area (Å²) in [5, 5.41) is 0. The lowest BCUT2D eigenvalue weighted by molar-refractivity contribution is -0.0939. The zero-order chi connectivity index (χ0) is 12.0. The van der Waals surface area contributed by atoms with Crippen molar-refractivity contribution in [3.63, 3.8) is 0 Å². The van der Waals surface area contributed by atoms with E-state index in [-0.39, 0.29) is 18.1 Å². The van der Waals surface area contributed by atoms with Gasteiger partial charge >= 0.3 is 7.12 Å². The second-order valence-corrected chi connectivity index (χ2v) is 5.79. The zero-order valence-electron chi connectivity index (χ0n) is 10.8. The molecule has 0 aromatic carbocycles. The van der Waals surface area contributed by atoms with Crippen LogP contribution < -0.4 is 5.59 Å². The molecule has 0 aliphatic carbocycles. The lowest BCUT2D eigenvalue weighted by Crippen LogP contribution is -2.58. The quantitative estimate of drug-likeness (QED) is 0.734. The van der Waals surface area contributed by atoms with E-state index in [9.17, 15) is 0 Å². The lowest BCUT2D eigenvalue weighted by Gasteiger charge is -2.47. The monoisotopic (exact) mass is 221 g/mol. The van der Waals surface area contributed by atoms with Crippen LogP contribution in [0, 0.1) is 12.3 Å². The van der Waals surface area contributed by atoms with E-state index >= 15 is 0 Å². The van der Waals surface area contributed by atoms with E-state index in [4.69, 9.17) is 9.31 Å². The first-order valence-corrected chi connectivity index (χ1v) is 5.76. The SMILES string of the molecule is Cc1c[nH]c(B2OCC(C)(C)C(C)(C)O2)c1. The predicted molar refractivity (Wildman–Crippen MR) is 65.8 cm³/mol. The Labute approximate surface area is 97.7 Å². The second kappa shape index (κ2) is 3.64. The van der Waals surface area contributed by atoms with Crippen molar-refractivity contribution in [1.82, 2.24) is 4.98 Å². The van der Waals surface area contributed by atoms with Crippen molar-refractivity contribution in [2.75, 3.05) is 6.61 Å². The predicted octanol–water partition coefficient (Wildman–Crippen LogP) is 1.87. The topological polar surface area (TPSA) is 34.2 Å². The molecular weight excluding hydrogens is 201 g/mol. The number of aromatic amines is 1. The van der Waals surface area contributed by atoms with Gasteiger partial charge in [0.1, 0.15) is 0 Å². The highest BCUT2D eigenvalue weighted by atomic mass is 16.6. The Bertz CT molecular complexity index is 384. The normalized spacial score (nSPS) is 23.4. The van der Waals surface area contributed by atoms with Crippen LogP contribution in [0.1, 0.15) is 33.3 Å². The molecule has 0 radical (unpaired) electrons. The van der Waals surface area contributed by atoms with E-state index in [0.29, 0.717) is 6.61 Å². The molecule has 0 atom stereocenters. The molecule has 1 aromatic rings. The van der Waals surface area contributed by atoms with E-state index in [2.05, 4.69) is 45.7 Å². The molecule has 0 amide bonds. The third-order valence-corrected chi connectivity index (χ3v) is 3.73. The van der Waals surface area contributed by atoms with Crippen molar-refractivity contribution in [1.29, 1.82) is 0 Å². The molecule has 1 saturated heterocycles. The molecule has 1 fully saturated rings. The van der Waals surface area contributed by atoms with E-state index < -0.39 is 0 Å². The second-order valence-electron chi connectivity index (χ2n) is 5.79. The Kier molecular flexibility index (Phi) is 2.67. The summed E-state index contributed by atoms with van der Waals surface area (Å²) >= 11 is 0. The van der Waals surface area contributed by atoms with Crippen molar-refractivity contribution >= 4 is 12.7 Å². The van der Waals surface area contributed by atoms with Crippen molar-refractivity contribution < 1.29 is 9.31 Å². The van der Waals surface area contributed by atoms with Gasteiger partial charge in [0.15, 0.2) is 0 Å². The fraction of sp³-hybridized carbons (Fsp3) is 0.667. The summed E-state index contributed by atoms with van der Waals surface area (Å²) in [5.41, 5.74) is 2.05. The smallest absolute Gasteiger partial charge is 0.406 e. The molecule has 1 aliphatic rings. The summed E-state index contributed by atoms with van der Waals surface area (Å²) in [6, 6.07) is 2.07. The third kappa shape index (κ3) is 1.92. The van der Waals surface area contributed by atoms with Gasteiger partial charge in [-0.1, -0.05) is 13.8 Å². The zero-order valence-corrected chi connectivity index (χ0v) is 10.8. The van der Waals surface area contributed by atoms with Crippen LogP contribution in [0.15, 0.2) is 12.3 Å². The molecule has 88 valence electrons. The third-order valence-electron chi connectivity index (χ3n) is 3.73. The van der Waals surface area contributed by atoms with Gasteiger partial charge in [-0.05, 0) is 32.4 Å². The van der Waals surface area contributed by atoms with Crippen LogP contribution in [0.5, 0.6) is 0 Å². The Morgan fingerprint density at radius 2 is 2.00 bits per heavy atom. The molecule has 0 bridgehead atoms. The highest BCUT2D eigenvalue weighted by Crippen LogP contribution is 2.37. The number of H-pyrrole nitrogens is 1. The number of aryl methyl sites for hydroxylation is 1. The summed E-state index contributed by atoms with van der Waals surface area (Å²) in [6.45, 7) is 11.4. The van der Waals surface area contributed by atoms with Crippen LogP contribution in [0.2, 0.25) is 0 Å². The van der Waals surface area contributed by atoms with Crippen molar-refractivity contribution in [2.24, 2.45) is 5.41 Å². The van der Waals surface area contributed by atoms with Gasteiger partial charge in [-0.15, -0.1) is 0 Å². The molecule has 0 saturated carbocycles. The van der Waals surface area contributed by atoms with Crippen LogP contribution in [0.3, 0.4) is 0 Å². The Morgan fingerprint density at radius 3 is 2.50 bits per heavy atom. The standard InChI is InChI=1S/C12H20BNO2/c1-9-6-10(14-7-9)13-15-8-11(2,3)12(4,5)16-13/h6-7,14H,8H2,1-5H3. The molecule has 4 heteroatoms.